The summed E-state index contributed by atoms with van der Waals surface area (Å²) in [6, 6.07) is 2.23. The van der Waals surface area contributed by atoms with Gasteiger partial charge in [0.25, 0.3) is 0 Å². The van der Waals surface area contributed by atoms with Crippen LogP contribution in [0.4, 0.5) is 32.2 Å². The summed E-state index contributed by atoms with van der Waals surface area (Å²) in [5, 5.41) is 15.7. The van der Waals surface area contributed by atoms with Crippen LogP contribution in [-0.4, -0.2) is 25.6 Å². The van der Waals surface area contributed by atoms with Gasteiger partial charge in [0.2, 0.25) is 0 Å². The Kier molecular flexibility index (Phi) is 3.35. The standard InChI is InChI=1S/C12H6F6N6/c13-11(14,15)5-2-1-4(8-9(5)22-24-21-8)7-3-6(12(16,17)18)10(19)23-20-7/h1-3H,(H2,19,23)(H,21,22,24). The zero-order chi connectivity index (χ0) is 17.7. The summed E-state index contributed by atoms with van der Waals surface area (Å²) in [6.07, 6.45) is -9.48. The van der Waals surface area contributed by atoms with Gasteiger partial charge in [-0.2, -0.15) is 41.8 Å². The predicted molar refractivity (Wildman–Crippen MR) is 69.3 cm³/mol. The van der Waals surface area contributed by atoms with E-state index >= 15 is 0 Å². The minimum atomic E-state index is -4.79. The van der Waals surface area contributed by atoms with Crippen molar-refractivity contribution < 1.29 is 26.3 Å². The summed E-state index contributed by atoms with van der Waals surface area (Å²) in [6.45, 7) is 0. The van der Waals surface area contributed by atoms with Gasteiger partial charge >= 0.3 is 12.4 Å². The first-order valence-electron chi connectivity index (χ1n) is 6.20. The molecule has 0 spiro atoms. The summed E-state index contributed by atoms with van der Waals surface area (Å²) in [5.41, 5.74) is 1.59. The Morgan fingerprint density at radius 2 is 1.46 bits per heavy atom. The third kappa shape index (κ3) is 2.59. The largest absolute Gasteiger partial charge is 0.420 e. The maximum absolute atomic E-state index is 12.9. The molecule has 2 heterocycles. The molecule has 0 saturated heterocycles. The maximum atomic E-state index is 12.9. The van der Waals surface area contributed by atoms with E-state index in [1.54, 1.807) is 0 Å². The number of anilines is 1. The van der Waals surface area contributed by atoms with E-state index in [9.17, 15) is 26.3 Å². The number of alkyl halides is 6. The number of H-pyrrole nitrogens is 1. The van der Waals surface area contributed by atoms with Crippen LogP contribution < -0.4 is 5.73 Å². The minimum absolute atomic E-state index is 0.0928. The lowest BCUT2D eigenvalue weighted by Gasteiger charge is -2.11. The van der Waals surface area contributed by atoms with Crippen molar-refractivity contribution in [2.75, 3.05) is 5.73 Å². The lowest BCUT2D eigenvalue weighted by molar-refractivity contribution is -0.137. The normalized spacial score (nSPS) is 12.8. The minimum Gasteiger partial charge on any atom is -0.382 e. The van der Waals surface area contributed by atoms with Crippen molar-refractivity contribution in [1.29, 1.82) is 0 Å². The molecule has 3 rings (SSSR count). The number of fused-ring (bicyclic) bond motifs is 1. The third-order valence-electron chi connectivity index (χ3n) is 3.18. The second-order valence-electron chi connectivity index (χ2n) is 4.71. The van der Waals surface area contributed by atoms with Crippen LogP contribution >= 0.6 is 0 Å². The second-order valence-corrected chi connectivity index (χ2v) is 4.71. The highest BCUT2D eigenvalue weighted by Crippen LogP contribution is 2.38. The van der Waals surface area contributed by atoms with Crippen LogP contribution in [0, 0.1) is 0 Å². The Morgan fingerprint density at radius 1 is 0.833 bits per heavy atom. The van der Waals surface area contributed by atoms with Gasteiger partial charge < -0.3 is 5.73 Å². The zero-order valence-corrected chi connectivity index (χ0v) is 11.4. The SMILES string of the molecule is Nc1nnc(-c2ccc(C(F)(F)F)c3n[nH]nc23)cc1C(F)(F)F. The first-order chi connectivity index (χ1) is 11.1. The van der Waals surface area contributed by atoms with Crippen molar-refractivity contribution >= 4 is 16.9 Å². The number of nitrogens with zero attached hydrogens (tertiary/aromatic N) is 4. The fourth-order valence-electron chi connectivity index (χ4n) is 2.13. The molecule has 126 valence electrons. The molecule has 0 saturated carbocycles. The van der Waals surface area contributed by atoms with Crippen molar-refractivity contribution in [3.05, 3.63) is 29.3 Å². The van der Waals surface area contributed by atoms with Crippen LogP contribution in [-0.2, 0) is 12.4 Å². The molecular formula is C12H6F6N6. The van der Waals surface area contributed by atoms with E-state index in [0.29, 0.717) is 12.1 Å². The number of hydrogen-bond donors (Lipinski definition) is 2. The molecule has 0 bridgehead atoms. The molecule has 0 unspecified atom stereocenters. The molecule has 0 aliphatic rings. The van der Waals surface area contributed by atoms with Crippen molar-refractivity contribution in [3.63, 3.8) is 0 Å². The highest BCUT2D eigenvalue weighted by molar-refractivity contribution is 5.92. The first kappa shape index (κ1) is 16.0. The Balaban J connectivity index is 2.24. The molecule has 6 nitrogen and oxygen atoms in total. The van der Waals surface area contributed by atoms with Crippen LogP contribution in [0.15, 0.2) is 18.2 Å². The number of halogens is 6. The Hall–Kier alpha value is -2.92. The third-order valence-corrected chi connectivity index (χ3v) is 3.18. The molecule has 0 aliphatic carbocycles. The van der Waals surface area contributed by atoms with E-state index in [2.05, 4.69) is 20.4 Å². The molecule has 3 N–H and O–H groups in total. The van der Waals surface area contributed by atoms with Crippen molar-refractivity contribution in [3.8, 4) is 11.3 Å². The van der Waals surface area contributed by atoms with Gasteiger partial charge in [-0.3, -0.25) is 0 Å². The first-order valence-corrected chi connectivity index (χ1v) is 6.20. The summed E-state index contributed by atoms with van der Waals surface area (Å²) in [4.78, 5) is 0. The maximum Gasteiger partial charge on any atom is 0.420 e. The van der Waals surface area contributed by atoms with E-state index in [1.807, 2.05) is 5.21 Å². The van der Waals surface area contributed by atoms with Gasteiger partial charge in [0.05, 0.1) is 11.3 Å². The van der Waals surface area contributed by atoms with Crippen LogP contribution in [0.1, 0.15) is 11.1 Å². The lowest BCUT2D eigenvalue weighted by atomic mass is 10.0. The highest BCUT2D eigenvalue weighted by atomic mass is 19.4. The van der Waals surface area contributed by atoms with Crippen molar-refractivity contribution in [1.82, 2.24) is 25.6 Å². The Labute approximate surface area is 128 Å². The number of aromatic amines is 1. The summed E-state index contributed by atoms with van der Waals surface area (Å²) >= 11 is 0. The van der Waals surface area contributed by atoms with E-state index in [0.717, 1.165) is 6.07 Å². The molecule has 0 atom stereocenters. The molecule has 2 aromatic heterocycles. The van der Waals surface area contributed by atoms with Gasteiger partial charge in [0, 0.05) is 5.56 Å². The number of aromatic nitrogens is 5. The van der Waals surface area contributed by atoms with Gasteiger partial charge in [-0.25, -0.2) is 0 Å². The average molecular weight is 348 g/mol. The number of hydrogen-bond acceptors (Lipinski definition) is 5. The summed E-state index contributed by atoms with van der Waals surface area (Å²) in [5.74, 6) is -0.838. The molecule has 0 fully saturated rings. The van der Waals surface area contributed by atoms with Gasteiger partial charge in [-0.1, -0.05) is 0 Å². The highest BCUT2D eigenvalue weighted by Gasteiger charge is 2.36. The number of nitrogens with two attached hydrogens (primary N) is 1. The van der Waals surface area contributed by atoms with E-state index < -0.39 is 34.8 Å². The fraction of sp³-hybridized carbons (Fsp3) is 0.167. The number of rotatable bonds is 1. The molecule has 0 radical (unpaired) electrons. The molecule has 1 aromatic carbocycles. The Bertz CT molecular complexity index is 913. The van der Waals surface area contributed by atoms with Crippen LogP contribution in [0.2, 0.25) is 0 Å². The van der Waals surface area contributed by atoms with E-state index in [1.165, 1.54) is 0 Å². The van der Waals surface area contributed by atoms with Gasteiger partial charge in [0.1, 0.15) is 16.6 Å². The topological polar surface area (TPSA) is 93.4 Å². The number of nitrogens with one attached hydrogen (secondary N) is 1. The van der Waals surface area contributed by atoms with Gasteiger partial charge in [-0.05, 0) is 18.2 Å². The monoisotopic (exact) mass is 348 g/mol. The molecule has 12 heteroatoms. The van der Waals surface area contributed by atoms with E-state index in [4.69, 9.17) is 5.73 Å². The molecule has 24 heavy (non-hydrogen) atoms. The lowest BCUT2D eigenvalue weighted by Crippen LogP contribution is -2.12. The molecule has 0 amide bonds. The van der Waals surface area contributed by atoms with Gasteiger partial charge in [-0.15, -0.1) is 10.2 Å². The number of benzene rings is 1. The zero-order valence-electron chi connectivity index (χ0n) is 11.4. The van der Waals surface area contributed by atoms with E-state index in [-0.39, 0.29) is 16.8 Å². The summed E-state index contributed by atoms with van der Waals surface area (Å²) in [7, 11) is 0. The predicted octanol–water partition coefficient (Wildman–Crippen LogP) is 3.03. The van der Waals surface area contributed by atoms with Crippen LogP contribution in [0.3, 0.4) is 0 Å². The van der Waals surface area contributed by atoms with Crippen LogP contribution in [0.5, 0.6) is 0 Å². The molecular weight excluding hydrogens is 342 g/mol. The average Bonchev–Trinajstić information content (AvgIpc) is 2.93. The quantitative estimate of drug-likeness (QED) is 0.660. The molecule has 0 aliphatic heterocycles. The second kappa shape index (κ2) is 5.04. The fourth-order valence-corrected chi connectivity index (χ4v) is 2.13. The van der Waals surface area contributed by atoms with Crippen molar-refractivity contribution in [2.24, 2.45) is 0 Å². The van der Waals surface area contributed by atoms with Gasteiger partial charge in [0.15, 0.2) is 5.82 Å². The smallest absolute Gasteiger partial charge is 0.382 e. The van der Waals surface area contributed by atoms with Crippen LogP contribution in [0.25, 0.3) is 22.3 Å². The van der Waals surface area contributed by atoms with Crippen molar-refractivity contribution in [2.45, 2.75) is 12.4 Å². The number of nitrogen functional groups attached to an aromatic ring is 1. The summed E-state index contributed by atoms with van der Waals surface area (Å²) < 4.78 is 77.4. The molecule has 3 aromatic rings. The Morgan fingerprint density at radius 3 is 2.08 bits per heavy atom.